The average molecular weight is 534 g/mol. The van der Waals surface area contributed by atoms with E-state index >= 15 is 0 Å². The molecule has 10 nitrogen and oxygen atoms in total. The highest BCUT2D eigenvalue weighted by atomic mass is 32.1. The van der Waals surface area contributed by atoms with E-state index in [1.807, 2.05) is 18.2 Å². The number of rotatable bonds is 8. The van der Waals surface area contributed by atoms with Crippen molar-refractivity contribution in [1.82, 2.24) is 9.55 Å². The molecule has 5 rings (SSSR count). The van der Waals surface area contributed by atoms with E-state index in [1.165, 1.54) is 15.8 Å². The van der Waals surface area contributed by atoms with Gasteiger partial charge < -0.3 is 19.1 Å². The van der Waals surface area contributed by atoms with E-state index in [2.05, 4.69) is 4.98 Å². The number of aromatic nitrogens is 2. The number of ether oxygens (including phenoxy) is 3. The summed E-state index contributed by atoms with van der Waals surface area (Å²) < 4.78 is 17.5. The van der Waals surface area contributed by atoms with Crippen LogP contribution in [0, 0.1) is 6.92 Å². The van der Waals surface area contributed by atoms with Crippen LogP contribution in [0.2, 0.25) is 0 Å². The predicted molar refractivity (Wildman–Crippen MR) is 141 cm³/mol. The molecule has 0 saturated heterocycles. The zero-order valence-corrected chi connectivity index (χ0v) is 21.4. The zero-order chi connectivity index (χ0) is 26.8. The molecule has 2 aromatic carbocycles. The molecule has 2 aromatic heterocycles. The van der Waals surface area contributed by atoms with Gasteiger partial charge in [0, 0.05) is 12.6 Å². The van der Waals surface area contributed by atoms with E-state index < -0.39 is 11.5 Å². The average Bonchev–Trinajstić information content (AvgIpc) is 3.27. The van der Waals surface area contributed by atoms with E-state index in [9.17, 15) is 19.2 Å². The van der Waals surface area contributed by atoms with E-state index in [0.717, 1.165) is 11.3 Å². The second-order valence-corrected chi connectivity index (χ2v) is 9.56. The summed E-state index contributed by atoms with van der Waals surface area (Å²) in [6.07, 6.45) is 1.29. The third kappa shape index (κ3) is 4.88. The van der Waals surface area contributed by atoms with Gasteiger partial charge >= 0.3 is 5.97 Å². The van der Waals surface area contributed by atoms with Gasteiger partial charge in [-0.15, -0.1) is 11.3 Å². The minimum Gasteiger partial charge on any atom is -0.490 e. The number of carbonyl (C=O) groups is 3. The van der Waals surface area contributed by atoms with Crippen LogP contribution < -0.4 is 19.9 Å². The minimum atomic E-state index is -0.570. The van der Waals surface area contributed by atoms with Gasteiger partial charge in [-0.25, -0.2) is 9.78 Å². The summed E-state index contributed by atoms with van der Waals surface area (Å²) in [6.45, 7) is 1.56. The number of amides is 1. The normalized spacial score (nSPS) is 12.7. The monoisotopic (exact) mass is 533 g/mol. The van der Waals surface area contributed by atoms with Crippen LogP contribution in [-0.2, 0) is 16.1 Å². The van der Waals surface area contributed by atoms with Gasteiger partial charge in [-0.3, -0.25) is 19.0 Å². The Balaban J connectivity index is 1.30. The quantitative estimate of drug-likeness (QED) is 0.193. The molecule has 0 saturated carbocycles. The number of likely N-dealkylation sites (N-methyl/N-ethyl adjacent to an activating group) is 1. The topological polar surface area (TPSA) is 117 Å². The van der Waals surface area contributed by atoms with Crippen LogP contribution in [-0.4, -0.2) is 54.1 Å². The van der Waals surface area contributed by atoms with Crippen molar-refractivity contribution < 1.29 is 28.6 Å². The number of nitrogens with zero attached hydrogens (tertiary/aromatic N) is 3. The number of Topliss-reactive ketones (excluding diaryl/α,β-unsaturated/α-hetero) is 1. The molecule has 0 atom stereocenters. The van der Waals surface area contributed by atoms with Crippen molar-refractivity contribution in [2.45, 2.75) is 13.5 Å². The fraction of sp³-hybridized carbons (Fsp3) is 0.222. The Morgan fingerprint density at radius 1 is 1.11 bits per heavy atom. The van der Waals surface area contributed by atoms with Crippen LogP contribution in [0.15, 0.2) is 59.7 Å². The maximum absolute atomic E-state index is 13.2. The van der Waals surface area contributed by atoms with Crippen molar-refractivity contribution in [1.29, 1.82) is 0 Å². The molecule has 3 heterocycles. The highest BCUT2D eigenvalue weighted by Gasteiger charge is 2.24. The van der Waals surface area contributed by atoms with Crippen LogP contribution in [0.5, 0.6) is 11.5 Å². The second kappa shape index (κ2) is 10.5. The Bertz CT molecular complexity index is 1610. The molecule has 11 heteroatoms. The molecule has 38 heavy (non-hydrogen) atoms. The van der Waals surface area contributed by atoms with Crippen LogP contribution in [0.3, 0.4) is 0 Å². The number of carbonyl (C=O) groups excluding carboxylic acids is 3. The molecule has 0 N–H and O–H groups in total. The Kier molecular flexibility index (Phi) is 6.93. The summed E-state index contributed by atoms with van der Waals surface area (Å²) in [5.74, 6) is 0.0421. The van der Waals surface area contributed by atoms with E-state index in [1.54, 1.807) is 44.3 Å². The molecule has 194 valence electrons. The number of fused-ring (bicyclic) bond motifs is 2. The van der Waals surface area contributed by atoms with Crippen LogP contribution in [0.4, 0.5) is 5.69 Å². The number of anilines is 1. The Hall–Kier alpha value is -4.51. The van der Waals surface area contributed by atoms with Gasteiger partial charge in [-0.1, -0.05) is 18.2 Å². The van der Waals surface area contributed by atoms with Crippen molar-refractivity contribution in [3.63, 3.8) is 0 Å². The number of hydrogen-bond acceptors (Lipinski definition) is 9. The molecule has 1 amide bonds. The van der Waals surface area contributed by atoms with Gasteiger partial charge in [-0.05, 0) is 42.8 Å². The van der Waals surface area contributed by atoms with Gasteiger partial charge in [-0.2, -0.15) is 0 Å². The van der Waals surface area contributed by atoms with Gasteiger partial charge in [0.1, 0.15) is 34.4 Å². The summed E-state index contributed by atoms with van der Waals surface area (Å²) in [5.41, 5.74) is 0.824. The fourth-order valence-corrected chi connectivity index (χ4v) is 5.07. The van der Waals surface area contributed by atoms with Crippen molar-refractivity contribution in [2.75, 3.05) is 31.8 Å². The largest absolute Gasteiger partial charge is 0.490 e. The lowest BCUT2D eigenvalue weighted by atomic mass is 10.1. The number of benzene rings is 2. The smallest absolute Gasteiger partial charge is 0.348 e. The molecule has 1 aliphatic rings. The Morgan fingerprint density at radius 2 is 1.89 bits per heavy atom. The van der Waals surface area contributed by atoms with E-state index in [-0.39, 0.29) is 48.3 Å². The van der Waals surface area contributed by atoms with Crippen molar-refractivity contribution in [3.05, 3.63) is 81.2 Å². The van der Waals surface area contributed by atoms with Crippen LogP contribution in [0.1, 0.15) is 25.6 Å². The standard InChI is InChI=1S/C27H23N3O7S/c1-16-23-25(38-24(16)27(34)36-11-10-35-18-6-4-3-5-7-18)28-15-30(26(23)33)13-20(31)17-8-9-21-19(12-17)29(2)22(32)14-37-21/h3-9,12,15H,10-11,13-14H2,1-2H3. The van der Waals surface area contributed by atoms with E-state index in [4.69, 9.17) is 14.2 Å². The summed E-state index contributed by atoms with van der Waals surface area (Å²) in [7, 11) is 1.61. The first-order valence-corrected chi connectivity index (χ1v) is 12.5. The zero-order valence-electron chi connectivity index (χ0n) is 20.6. The summed E-state index contributed by atoms with van der Waals surface area (Å²) in [6, 6.07) is 14.0. The summed E-state index contributed by atoms with van der Waals surface area (Å²) >= 11 is 1.06. The molecular formula is C27H23N3O7S. The molecule has 0 fully saturated rings. The number of esters is 1. The molecule has 0 bridgehead atoms. The summed E-state index contributed by atoms with van der Waals surface area (Å²) in [5, 5.41) is 0.266. The first kappa shape index (κ1) is 25.2. The first-order valence-electron chi connectivity index (χ1n) is 11.7. The van der Waals surface area contributed by atoms with Gasteiger partial charge in [0.15, 0.2) is 12.4 Å². The third-order valence-electron chi connectivity index (χ3n) is 6.11. The molecular weight excluding hydrogens is 510 g/mol. The van der Waals surface area contributed by atoms with Crippen molar-refractivity contribution >= 4 is 44.9 Å². The predicted octanol–water partition coefficient (Wildman–Crippen LogP) is 3.24. The first-order chi connectivity index (χ1) is 18.3. The SMILES string of the molecule is Cc1c(C(=O)OCCOc2ccccc2)sc2ncn(CC(=O)c3ccc4c(c3)N(C)C(=O)CO4)c(=O)c12. The van der Waals surface area contributed by atoms with Gasteiger partial charge in [0.2, 0.25) is 0 Å². The number of hydrogen-bond donors (Lipinski definition) is 0. The molecule has 1 aliphatic heterocycles. The molecule has 0 aliphatic carbocycles. The molecule has 0 spiro atoms. The highest BCUT2D eigenvalue weighted by molar-refractivity contribution is 7.20. The molecule has 0 unspecified atom stereocenters. The van der Waals surface area contributed by atoms with Gasteiger partial charge in [0.25, 0.3) is 11.5 Å². The van der Waals surface area contributed by atoms with Crippen LogP contribution in [0.25, 0.3) is 10.2 Å². The fourth-order valence-electron chi connectivity index (χ4n) is 4.03. The number of thiophene rings is 1. The summed E-state index contributed by atoms with van der Waals surface area (Å²) in [4.78, 5) is 57.2. The maximum atomic E-state index is 13.2. The van der Waals surface area contributed by atoms with Crippen LogP contribution >= 0.6 is 11.3 Å². The number of ketones is 1. The van der Waals surface area contributed by atoms with E-state index in [0.29, 0.717) is 33.1 Å². The van der Waals surface area contributed by atoms with Gasteiger partial charge in [0.05, 0.1) is 23.9 Å². The minimum absolute atomic E-state index is 0.0418. The lowest BCUT2D eigenvalue weighted by molar-refractivity contribution is -0.121. The third-order valence-corrected chi connectivity index (χ3v) is 7.29. The second-order valence-electron chi connectivity index (χ2n) is 8.56. The molecule has 4 aromatic rings. The lowest BCUT2D eigenvalue weighted by Gasteiger charge is -2.26. The maximum Gasteiger partial charge on any atom is 0.348 e. The lowest BCUT2D eigenvalue weighted by Crippen LogP contribution is -2.35. The van der Waals surface area contributed by atoms with Crippen molar-refractivity contribution in [3.8, 4) is 11.5 Å². The number of para-hydroxylation sites is 1. The number of aryl methyl sites for hydroxylation is 1. The highest BCUT2D eigenvalue weighted by Crippen LogP contribution is 2.32. The Morgan fingerprint density at radius 3 is 2.68 bits per heavy atom. The van der Waals surface area contributed by atoms with Crippen molar-refractivity contribution in [2.24, 2.45) is 0 Å². The molecule has 0 radical (unpaired) electrons. The Labute approximate surface area is 221 Å².